The molecule has 2 fully saturated rings. The van der Waals surface area contributed by atoms with Gasteiger partial charge in [0.05, 0.1) is 6.10 Å². The van der Waals surface area contributed by atoms with Crippen molar-refractivity contribution >= 4 is 0 Å². The van der Waals surface area contributed by atoms with Crippen LogP contribution in [0.25, 0.3) is 0 Å². The van der Waals surface area contributed by atoms with Crippen molar-refractivity contribution in [1.29, 1.82) is 0 Å². The Labute approximate surface area is 141 Å². The summed E-state index contributed by atoms with van der Waals surface area (Å²) in [5.74, 6) is 1.20. The Bertz CT molecular complexity index is 683. The lowest BCUT2D eigenvalue weighted by atomic mass is 9.96. The second kappa shape index (κ2) is 6.61. The third-order valence-electron chi connectivity index (χ3n) is 5.10. The summed E-state index contributed by atoms with van der Waals surface area (Å²) in [4.78, 5) is 2.29. The molecular formula is C18H23FN4O. The van der Waals surface area contributed by atoms with Crippen molar-refractivity contribution in [2.75, 3.05) is 19.6 Å². The summed E-state index contributed by atoms with van der Waals surface area (Å²) in [6, 6.07) is 6.71. The number of β-amino-alcohol motifs (C(OH)–C–C–N with tert-alkyl or cyclic N) is 1. The van der Waals surface area contributed by atoms with E-state index in [0.717, 1.165) is 37.3 Å². The summed E-state index contributed by atoms with van der Waals surface area (Å²) in [5, 5.41) is 18.9. The maximum Gasteiger partial charge on any atom is 0.137 e. The largest absolute Gasteiger partial charge is 0.387 e. The molecule has 1 aromatic carbocycles. The fourth-order valence-corrected chi connectivity index (χ4v) is 3.64. The van der Waals surface area contributed by atoms with Gasteiger partial charge in [-0.15, -0.1) is 10.2 Å². The molecule has 6 heteroatoms. The van der Waals surface area contributed by atoms with Crippen LogP contribution in [-0.2, 0) is 0 Å². The first kappa shape index (κ1) is 15.7. The van der Waals surface area contributed by atoms with Crippen LogP contribution in [-0.4, -0.2) is 44.4 Å². The quantitative estimate of drug-likeness (QED) is 0.916. The molecule has 1 aromatic heterocycles. The van der Waals surface area contributed by atoms with Crippen molar-refractivity contribution in [2.45, 2.75) is 43.7 Å². The summed E-state index contributed by atoms with van der Waals surface area (Å²) >= 11 is 0. The third kappa shape index (κ3) is 3.35. The zero-order valence-corrected chi connectivity index (χ0v) is 13.7. The monoisotopic (exact) mass is 330 g/mol. The first-order valence-corrected chi connectivity index (χ1v) is 8.76. The first-order valence-electron chi connectivity index (χ1n) is 8.76. The molecule has 1 aliphatic heterocycles. The Morgan fingerprint density at radius 1 is 1.21 bits per heavy atom. The average molecular weight is 330 g/mol. The summed E-state index contributed by atoms with van der Waals surface area (Å²) in [5.41, 5.74) is 0.764. The Kier molecular flexibility index (Phi) is 4.33. The van der Waals surface area contributed by atoms with Gasteiger partial charge in [0.2, 0.25) is 0 Å². The number of aliphatic hydroxyl groups excluding tert-OH is 1. The number of nitrogens with zero attached hydrogens (tertiary/aromatic N) is 4. The lowest BCUT2D eigenvalue weighted by molar-refractivity contribution is 0.0940. The van der Waals surface area contributed by atoms with E-state index in [4.69, 9.17) is 0 Å². The van der Waals surface area contributed by atoms with E-state index in [2.05, 4.69) is 19.7 Å². The molecule has 2 heterocycles. The van der Waals surface area contributed by atoms with E-state index in [1.165, 1.54) is 25.0 Å². The van der Waals surface area contributed by atoms with E-state index in [1.807, 2.05) is 6.33 Å². The minimum Gasteiger partial charge on any atom is -0.387 e. The normalized spacial score (nSPS) is 23.3. The molecule has 5 nitrogen and oxygen atoms in total. The lowest BCUT2D eigenvalue weighted by Gasteiger charge is -2.33. The molecule has 24 heavy (non-hydrogen) atoms. The second-order valence-corrected chi connectivity index (χ2v) is 6.99. The number of aromatic nitrogens is 3. The number of hydrogen-bond donors (Lipinski definition) is 1. The van der Waals surface area contributed by atoms with Crippen LogP contribution >= 0.6 is 0 Å². The zero-order chi connectivity index (χ0) is 16.5. The van der Waals surface area contributed by atoms with E-state index < -0.39 is 6.10 Å². The maximum atomic E-state index is 13.0. The number of piperidine rings is 1. The van der Waals surface area contributed by atoms with E-state index in [0.29, 0.717) is 18.5 Å². The summed E-state index contributed by atoms with van der Waals surface area (Å²) < 4.78 is 15.3. The number of likely N-dealkylation sites (tertiary alicyclic amines) is 1. The molecule has 2 atom stereocenters. The maximum absolute atomic E-state index is 13.0. The van der Waals surface area contributed by atoms with Crippen molar-refractivity contribution in [3.63, 3.8) is 0 Å². The van der Waals surface area contributed by atoms with Gasteiger partial charge in [-0.2, -0.15) is 0 Å². The van der Waals surface area contributed by atoms with E-state index >= 15 is 0 Å². The molecule has 1 N–H and O–H groups in total. The summed E-state index contributed by atoms with van der Waals surface area (Å²) in [6.45, 7) is 2.44. The molecule has 128 valence electrons. The fraction of sp³-hybridized carbons (Fsp3) is 0.556. The molecule has 0 bridgehead atoms. The Morgan fingerprint density at radius 3 is 2.75 bits per heavy atom. The van der Waals surface area contributed by atoms with Crippen molar-refractivity contribution in [1.82, 2.24) is 19.7 Å². The van der Waals surface area contributed by atoms with Gasteiger partial charge in [-0.25, -0.2) is 4.39 Å². The van der Waals surface area contributed by atoms with E-state index in [1.54, 1.807) is 12.1 Å². The average Bonchev–Trinajstić information content (AvgIpc) is 3.32. The minimum atomic E-state index is -0.592. The summed E-state index contributed by atoms with van der Waals surface area (Å²) in [7, 11) is 0. The molecular weight excluding hydrogens is 307 g/mol. The SMILES string of the molecule is O[C@H](CN1CCC[C@H](c2nncn2C2CC2)C1)c1ccc(F)cc1. The highest BCUT2D eigenvalue weighted by atomic mass is 19.1. The van der Waals surface area contributed by atoms with Gasteiger partial charge in [0.1, 0.15) is 18.0 Å². The third-order valence-corrected chi connectivity index (χ3v) is 5.10. The Balaban J connectivity index is 1.41. The van der Waals surface area contributed by atoms with Crippen LogP contribution in [0, 0.1) is 5.82 Å². The van der Waals surface area contributed by atoms with Crippen LogP contribution in [0.4, 0.5) is 4.39 Å². The van der Waals surface area contributed by atoms with Crippen molar-refractivity contribution in [3.05, 3.63) is 47.8 Å². The van der Waals surface area contributed by atoms with E-state index in [9.17, 15) is 9.50 Å². The number of hydrogen-bond acceptors (Lipinski definition) is 4. The molecule has 4 rings (SSSR count). The number of rotatable bonds is 5. The first-order chi connectivity index (χ1) is 11.7. The van der Waals surface area contributed by atoms with Crippen LogP contribution in [0.3, 0.4) is 0 Å². The second-order valence-electron chi connectivity index (χ2n) is 6.99. The fourth-order valence-electron chi connectivity index (χ4n) is 3.64. The predicted molar refractivity (Wildman–Crippen MR) is 88.1 cm³/mol. The van der Waals surface area contributed by atoms with Gasteiger partial charge in [0, 0.05) is 25.0 Å². The van der Waals surface area contributed by atoms with Gasteiger partial charge in [-0.1, -0.05) is 12.1 Å². The Hall–Kier alpha value is -1.79. The van der Waals surface area contributed by atoms with Crippen LogP contribution in [0.15, 0.2) is 30.6 Å². The van der Waals surface area contributed by atoms with Crippen LogP contribution in [0.1, 0.15) is 55.1 Å². The zero-order valence-electron chi connectivity index (χ0n) is 13.7. The predicted octanol–water partition coefficient (Wildman–Crippen LogP) is 2.67. The highest BCUT2D eigenvalue weighted by molar-refractivity contribution is 5.19. The van der Waals surface area contributed by atoms with E-state index in [-0.39, 0.29) is 5.82 Å². The van der Waals surface area contributed by atoms with Crippen LogP contribution < -0.4 is 0 Å². The standard InChI is InChI=1S/C18H23FN4O/c19-15-5-3-13(4-6-15)17(24)11-22-9-1-2-14(10-22)18-21-20-12-23(18)16-7-8-16/h3-6,12,14,16-17,24H,1-2,7-11H2/t14-,17+/m0/s1. The molecule has 0 radical (unpaired) electrons. The van der Waals surface area contributed by atoms with Crippen molar-refractivity contribution in [3.8, 4) is 0 Å². The minimum absolute atomic E-state index is 0.275. The van der Waals surface area contributed by atoms with Crippen molar-refractivity contribution < 1.29 is 9.50 Å². The smallest absolute Gasteiger partial charge is 0.137 e. The van der Waals surface area contributed by atoms with Crippen LogP contribution in [0.2, 0.25) is 0 Å². The summed E-state index contributed by atoms with van der Waals surface area (Å²) in [6.07, 6.45) is 5.94. The van der Waals surface area contributed by atoms with Gasteiger partial charge < -0.3 is 9.67 Å². The van der Waals surface area contributed by atoms with Gasteiger partial charge in [-0.05, 0) is 49.9 Å². The molecule has 0 spiro atoms. The van der Waals surface area contributed by atoms with Gasteiger partial charge in [-0.3, -0.25) is 4.90 Å². The number of benzene rings is 1. The highest BCUT2D eigenvalue weighted by Crippen LogP contribution is 2.38. The van der Waals surface area contributed by atoms with Crippen molar-refractivity contribution in [2.24, 2.45) is 0 Å². The molecule has 1 aliphatic carbocycles. The topological polar surface area (TPSA) is 54.2 Å². The molecule has 2 aromatic rings. The molecule has 1 saturated heterocycles. The molecule has 1 saturated carbocycles. The molecule has 0 amide bonds. The number of halogens is 1. The van der Waals surface area contributed by atoms with Gasteiger partial charge in [0.15, 0.2) is 0 Å². The Morgan fingerprint density at radius 2 is 2.00 bits per heavy atom. The van der Waals surface area contributed by atoms with Crippen LogP contribution in [0.5, 0.6) is 0 Å². The lowest BCUT2D eigenvalue weighted by Crippen LogP contribution is -2.38. The molecule has 0 unspecified atom stereocenters. The molecule has 2 aliphatic rings. The van der Waals surface area contributed by atoms with Gasteiger partial charge in [0.25, 0.3) is 0 Å². The number of aliphatic hydroxyl groups is 1. The highest BCUT2D eigenvalue weighted by Gasteiger charge is 2.31. The van der Waals surface area contributed by atoms with Gasteiger partial charge >= 0.3 is 0 Å².